The molecular formula is C16H22N4OS. The summed E-state index contributed by atoms with van der Waals surface area (Å²) in [4.78, 5) is 18.8. The molecule has 1 aliphatic rings. The molecule has 2 heterocycles. The van der Waals surface area contributed by atoms with Crippen molar-refractivity contribution in [2.24, 2.45) is 5.73 Å². The molecule has 0 bridgehead atoms. The van der Waals surface area contributed by atoms with Crippen molar-refractivity contribution in [3.05, 3.63) is 29.3 Å². The van der Waals surface area contributed by atoms with E-state index in [0.29, 0.717) is 6.54 Å². The molecule has 118 valence electrons. The first kappa shape index (κ1) is 15.4. The first-order valence-corrected chi connectivity index (χ1v) is 8.53. The number of para-hydroxylation sites is 1. The predicted octanol–water partition coefficient (Wildman–Crippen LogP) is 1.38. The summed E-state index contributed by atoms with van der Waals surface area (Å²) in [6.07, 6.45) is 2.56. The fraction of sp³-hybridized carbons (Fsp3) is 0.500. The van der Waals surface area contributed by atoms with Crippen molar-refractivity contribution in [2.45, 2.75) is 31.3 Å². The number of rotatable bonds is 5. The van der Waals surface area contributed by atoms with E-state index >= 15 is 0 Å². The standard InChI is InChI=1S/C16H22N4OS/c1-20-10-11(17)9-13(20)16(21)18-8-4-7-15-19-12-5-2-3-6-14(12)22-15/h2-3,5-6,11,13H,4,7-10,17H2,1H3,(H,18,21)/t11-,13-/m0/s1. The molecule has 2 aromatic rings. The van der Waals surface area contributed by atoms with Crippen molar-refractivity contribution in [2.75, 3.05) is 20.1 Å². The van der Waals surface area contributed by atoms with E-state index in [9.17, 15) is 4.79 Å². The molecule has 1 aromatic carbocycles. The van der Waals surface area contributed by atoms with Crippen LogP contribution < -0.4 is 11.1 Å². The van der Waals surface area contributed by atoms with Gasteiger partial charge in [0.05, 0.1) is 21.3 Å². The van der Waals surface area contributed by atoms with Gasteiger partial charge in [-0.2, -0.15) is 0 Å². The van der Waals surface area contributed by atoms with Crippen LogP contribution in [-0.2, 0) is 11.2 Å². The third-order valence-electron chi connectivity index (χ3n) is 4.09. The van der Waals surface area contributed by atoms with Crippen LogP contribution in [-0.4, -0.2) is 48.0 Å². The van der Waals surface area contributed by atoms with Gasteiger partial charge in [0, 0.05) is 25.6 Å². The number of thiazole rings is 1. The van der Waals surface area contributed by atoms with Crippen LogP contribution >= 0.6 is 11.3 Å². The number of nitrogens with zero attached hydrogens (tertiary/aromatic N) is 2. The monoisotopic (exact) mass is 318 g/mol. The van der Waals surface area contributed by atoms with E-state index < -0.39 is 0 Å². The second-order valence-electron chi connectivity index (χ2n) is 5.92. The molecule has 3 rings (SSSR count). The molecule has 1 amide bonds. The summed E-state index contributed by atoms with van der Waals surface area (Å²) in [5.41, 5.74) is 6.96. The number of hydrogen-bond donors (Lipinski definition) is 2. The van der Waals surface area contributed by atoms with Gasteiger partial charge in [-0.3, -0.25) is 9.69 Å². The number of likely N-dealkylation sites (tertiary alicyclic amines) is 1. The first-order valence-electron chi connectivity index (χ1n) is 7.71. The zero-order valence-electron chi connectivity index (χ0n) is 12.8. The highest BCUT2D eigenvalue weighted by atomic mass is 32.1. The molecule has 0 radical (unpaired) electrons. The molecule has 3 N–H and O–H groups in total. The van der Waals surface area contributed by atoms with Crippen LogP contribution in [0, 0.1) is 0 Å². The minimum atomic E-state index is -0.0718. The Hall–Kier alpha value is -1.50. The van der Waals surface area contributed by atoms with Crippen molar-refractivity contribution >= 4 is 27.5 Å². The SMILES string of the molecule is CN1C[C@@H](N)C[C@H]1C(=O)NCCCc1nc2ccccc2s1. The number of carbonyl (C=O) groups is 1. The lowest BCUT2D eigenvalue weighted by molar-refractivity contribution is -0.125. The van der Waals surface area contributed by atoms with Gasteiger partial charge in [-0.25, -0.2) is 4.98 Å². The fourth-order valence-electron chi connectivity index (χ4n) is 2.94. The molecule has 0 saturated carbocycles. The third kappa shape index (κ3) is 3.45. The molecule has 6 heteroatoms. The van der Waals surface area contributed by atoms with Crippen LogP contribution in [0.25, 0.3) is 10.2 Å². The molecule has 5 nitrogen and oxygen atoms in total. The van der Waals surface area contributed by atoms with Gasteiger partial charge in [0.25, 0.3) is 0 Å². The first-order chi connectivity index (χ1) is 10.6. The largest absolute Gasteiger partial charge is 0.355 e. The summed E-state index contributed by atoms with van der Waals surface area (Å²) in [6.45, 7) is 1.48. The number of nitrogens with two attached hydrogens (primary N) is 1. The average molecular weight is 318 g/mol. The number of nitrogens with one attached hydrogen (secondary N) is 1. The van der Waals surface area contributed by atoms with Gasteiger partial charge in [-0.15, -0.1) is 11.3 Å². The zero-order chi connectivity index (χ0) is 15.5. The highest BCUT2D eigenvalue weighted by Crippen LogP contribution is 2.22. The van der Waals surface area contributed by atoms with Gasteiger partial charge in [-0.1, -0.05) is 12.1 Å². The molecule has 0 aliphatic carbocycles. The minimum absolute atomic E-state index is 0.0718. The molecule has 0 spiro atoms. The second-order valence-corrected chi connectivity index (χ2v) is 7.04. The number of hydrogen-bond acceptors (Lipinski definition) is 5. The van der Waals surface area contributed by atoms with Gasteiger partial charge in [0.2, 0.25) is 5.91 Å². The average Bonchev–Trinajstić information content (AvgIpc) is 3.05. The molecule has 1 aromatic heterocycles. The number of amides is 1. The number of aryl methyl sites for hydroxylation is 1. The molecular weight excluding hydrogens is 296 g/mol. The van der Waals surface area contributed by atoms with Crippen molar-refractivity contribution in [3.8, 4) is 0 Å². The van der Waals surface area contributed by atoms with Crippen molar-refractivity contribution in [1.82, 2.24) is 15.2 Å². The number of likely N-dealkylation sites (N-methyl/N-ethyl adjacent to an activating group) is 1. The Balaban J connectivity index is 1.44. The highest BCUT2D eigenvalue weighted by molar-refractivity contribution is 7.18. The fourth-order valence-corrected chi connectivity index (χ4v) is 3.95. The molecule has 22 heavy (non-hydrogen) atoms. The van der Waals surface area contributed by atoms with Crippen LogP contribution in [0.2, 0.25) is 0 Å². The predicted molar refractivity (Wildman–Crippen MR) is 90.0 cm³/mol. The Kier molecular flexibility index (Phi) is 4.71. The van der Waals surface area contributed by atoms with Gasteiger partial charge in [-0.05, 0) is 32.0 Å². The normalized spacial score (nSPS) is 22.3. The number of aromatic nitrogens is 1. The topological polar surface area (TPSA) is 71.2 Å². The van der Waals surface area contributed by atoms with E-state index in [4.69, 9.17) is 5.73 Å². The van der Waals surface area contributed by atoms with Crippen LogP contribution in [0.3, 0.4) is 0 Å². The van der Waals surface area contributed by atoms with E-state index in [1.807, 2.05) is 30.1 Å². The lowest BCUT2D eigenvalue weighted by Gasteiger charge is -2.18. The Labute approximate surface area is 134 Å². The van der Waals surface area contributed by atoms with Crippen molar-refractivity contribution in [3.63, 3.8) is 0 Å². The van der Waals surface area contributed by atoms with Crippen LogP contribution in [0.5, 0.6) is 0 Å². The number of carbonyl (C=O) groups excluding carboxylic acids is 1. The van der Waals surface area contributed by atoms with Crippen LogP contribution in [0.4, 0.5) is 0 Å². The molecule has 2 atom stereocenters. The molecule has 1 aliphatic heterocycles. The number of fused-ring (bicyclic) bond motifs is 1. The summed E-state index contributed by atoms with van der Waals surface area (Å²) in [7, 11) is 1.96. The van der Waals surface area contributed by atoms with Crippen LogP contribution in [0.15, 0.2) is 24.3 Å². The van der Waals surface area contributed by atoms with E-state index in [-0.39, 0.29) is 18.0 Å². The van der Waals surface area contributed by atoms with E-state index in [0.717, 1.165) is 36.3 Å². The van der Waals surface area contributed by atoms with Crippen LogP contribution in [0.1, 0.15) is 17.8 Å². The van der Waals surface area contributed by atoms with E-state index in [2.05, 4.69) is 16.4 Å². The second kappa shape index (κ2) is 6.73. The molecule has 1 saturated heterocycles. The molecule has 1 fully saturated rings. The van der Waals surface area contributed by atoms with Gasteiger partial charge in [0.1, 0.15) is 0 Å². The molecule has 0 unspecified atom stereocenters. The van der Waals surface area contributed by atoms with Crippen molar-refractivity contribution < 1.29 is 4.79 Å². The maximum atomic E-state index is 12.1. The summed E-state index contributed by atoms with van der Waals surface area (Å²) in [6, 6.07) is 8.22. The zero-order valence-corrected chi connectivity index (χ0v) is 13.6. The minimum Gasteiger partial charge on any atom is -0.355 e. The van der Waals surface area contributed by atoms with Crippen molar-refractivity contribution in [1.29, 1.82) is 0 Å². The maximum absolute atomic E-state index is 12.1. The van der Waals surface area contributed by atoms with E-state index in [1.54, 1.807) is 11.3 Å². The summed E-state index contributed by atoms with van der Waals surface area (Å²) < 4.78 is 1.23. The summed E-state index contributed by atoms with van der Waals surface area (Å²) in [5, 5.41) is 4.15. The van der Waals surface area contributed by atoms with Gasteiger partial charge >= 0.3 is 0 Å². The highest BCUT2D eigenvalue weighted by Gasteiger charge is 2.32. The Morgan fingerprint density at radius 1 is 1.50 bits per heavy atom. The Bertz CT molecular complexity index is 623. The summed E-state index contributed by atoms with van der Waals surface area (Å²) in [5.74, 6) is 0.0970. The number of benzene rings is 1. The third-order valence-corrected chi connectivity index (χ3v) is 5.18. The maximum Gasteiger partial charge on any atom is 0.237 e. The summed E-state index contributed by atoms with van der Waals surface area (Å²) >= 11 is 1.73. The van der Waals surface area contributed by atoms with E-state index in [1.165, 1.54) is 4.70 Å². The Morgan fingerprint density at radius 3 is 3.05 bits per heavy atom. The quantitative estimate of drug-likeness (QED) is 0.817. The van der Waals surface area contributed by atoms with Gasteiger partial charge in [0.15, 0.2) is 0 Å². The smallest absolute Gasteiger partial charge is 0.237 e. The lowest BCUT2D eigenvalue weighted by atomic mass is 10.1. The Morgan fingerprint density at radius 2 is 2.32 bits per heavy atom. The lowest BCUT2D eigenvalue weighted by Crippen LogP contribution is -2.41. The van der Waals surface area contributed by atoms with Gasteiger partial charge < -0.3 is 11.1 Å².